The molecule has 1 aliphatic heterocycles. The lowest BCUT2D eigenvalue weighted by molar-refractivity contribution is -0.123. The number of amides is 2. The van der Waals surface area contributed by atoms with E-state index < -0.39 is 0 Å². The van der Waals surface area contributed by atoms with Crippen molar-refractivity contribution in [3.05, 3.63) is 30.1 Å². The zero-order valence-electron chi connectivity index (χ0n) is 13.4. The molecule has 0 unspecified atom stereocenters. The summed E-state index contributed by atoms with van der Waals surface area (Å²) >= 11 is 0. The fraction of sp³-hybridized carbons (Fsp3) is 0.529. The van der Waals surface area contributed by atoms with Gasteiger partial charge in [0.25, 0.3) is 0 Å². The van der Waals surface area contributed by atoms with Gasteiger partial charge in [-0.3, -0.25) is 14.6 Å². The largest absolute Gasteiger partial charge is 0.393 e. The van der Waals surface area contributed by atoms with Gasteiger partial charge in [-0.05, 0) is 43.7 Å². The third kappa shape index (κ3) is 4.17. The van der Waals surface area contributed by atoms with Gasteiger partial charge < -0.3 is 10.4 Å². The molecule has 24 heavy (non-hydrogen) atoms. The number of nitrogens with one attached hydrogen (secondary N) is 2. The van der Waals surface area contributed by atoms with Crippen molar-refractivity contribution in [1.29, 1.82) is 0 Å². The Kier molecular flexibility index (Phi) is 5.20. The van der Waals surface area contributed by atoms with Gasteiger partial charge in [0.2, 0.25) is 11.8 Å². The van der Waals surface area contributed by atoms with Gasteiger partial charge in [0.05, 0.1) is 17.8 Å². The highest BCUT2D eigenvalue weighted by molar-refractivity contribution is 5.94. The molecule has 128 valence electrons. The Hall–Kier alpha value is -2.28. The molecule has 1 aliphatic carbocycles. The molecule has 1 atom stereocenters. The predicted octanol–water partition coefficient (Wildman–Crippen LogP) is 1.06. The smallest absolute Gasteiger partial charge is 0.240 e. The molecule has 1 aromatic rings. The van der Waals surface area contributed by atoms with Gasteiger partial charge in [-0.1, -0.05) is 6.07 Å². The average Bonchev–Trinajstić information content (AvgIpc) is 2.57. The Labute approximate surface area is 140 Å². The van der Waals surface area contributed by atoms with Gasteiger partial charge in [-0.25, -0.2) is 5.43 Å². The second-order valence-corrected chi connectivity index (χ2v) is 6.40. The van der Waals surface area contributed by atoms with Crippen LogP contribution in [-0.4, -0.2) is 33.7 Å². The van der Waals surface area contributed by atoms with E-state index in [1.807, 2.05) is 18.2 Å². The summed E-state index contributed by atoms with van der Waals surface area (Å²) in [7, 11) is 0. The number of hydrogen-bond donors (Lipinski definition) is 3. The third-order valence-electron chi connectivity index (χ3n) is 4.56. The lowest BCUT2D eigenvalue weighted by Crippen LogP contribution is -2.41. The normalized spacial score (nSPS) is 24.4. The molecule has 3 N–H and O–H groups in total. The van der Waals surface area contributed by atoms with Gasteiger partial charge in [0.1, 0.15) is 0 Å². The van der Waals surface area contributed by atoms with Crippen LogP contribution in [0.1, 0.15) is 50.3 Å². The summed E-state index contributed by atoms with van der Waals surface area (Å²) in [6.07, 6.45) is 4.69. The van der Waals surface area contributed by atoms with Crippen LogP contribution < -0.4 is 10.7 Å². The topological polar surface area (TPSA) is 104 Å². The molecule has 7 nitrogen and oxygen atoms in total. The van der Waals surface area contributed by atoms with Crippen molar-refractivity contribution < 1.29 is 14.7 Å². The maximum Gasteiger partial charge on any atom is 0.240 e. The van der Waals surface area contributed by atoms with E-state index in [9.17, 15) is 14.7 Å². The molecule has 2 amide bonds. The molecule has 1 aromatic heterocycles. The SMILES string of the molecule is O=C1CCC(CCC(=O)N[C@@H](c2ccccn2)C2CC(O)C2)=NN1. The fourth-order valence-electron chi connectivity index (χ4n) is 3.09. The molecular weight excluding hydrogens is 308 g/mol. The average molecular weight is 330 g/mol. The van der Waals surface area contributed by atoms with Crippen LogP contribution in [0.3, 0.4) is 0 Å². The van der Waals surface area contributed by atoms with Gasteiger partial charge in [0, 0.05) is 24.8 Å². The standard InChI is InChI=1S/C17H22N4O3/c22-13-9-11(10-13)17(14-3-1-2-8-18-14)19-15(23)6-4-12-5-7-16(24)21-20-12/h1-3,8,11,13,17,22H,4-7,9-10H2,(H,19,23)(H,21,24)/t11?,13?,17-/m1/s1. The van der Waals surface area contributed by atoms with Gasteiger partial charge in [-0.2, -0.15) is 5.10 Å². The van der Waals surface area contributed by atoms with E-state index in [4.69, 9.17) is 0 Å². The molecule has 0 bridgehead atoms. The number of carbonyl (C=O) groups excluding carboxylic acids is 2. The van der Waals surface area contributed by atoms with Crippen molar-refractivity contribution in [2.45, 2.75) is 50.7 Å². The second-order valence-electron chi connectivity index (χ2n) is 6.40. The molecule has 7 heteroatoms. The Balaban J connectivity index is 1.56. The highest BCUT2D eigenvalue weighted by Crippen LogP contribution is 2.37. The van der Waals surface area contributed by atoms with E-state index in [0.717, 1.165) is 11.4 Å². The van der Waals surface area contributed by atoms with Crippen molar-refractivity contribution >= 4 is 17.5 Å². The van der Waals surface area contributed by atoms with E-state index in [0.29, 0.717) is 38.5 Å². The Morgan fingerprint density at radius 1 is 1.38 bits per heavy atom. The number of aromatic nitrogens is 1. The number of hydrogen-bond acceptors (Lipinski definition) is 5. The van der Waals surface area contributed by atoms with Crippen LogP contribution in [0.25, 0.3) is 0 Å². The van der Waals surface area contributed by atoms with E-state index in [1.54, 1.807) is 6.20 Å². The number of aliphatic hydroxyl groups is 1. The lowest BCUT2D eigenvalue weighted by Gasteiger charge is -2.37. The lowest BCUT2D eigenvalue weighted by atomic mass is 9.76. The van der Waals surface area contributed by atoms with Crippen LogP contribution in [0.2, 0.25) is 0 Å². The van der Waals surface area contributed by atoms with Crippen molar-refractivity contribution in [3.8, 4) is 0 Å². The zero-order valence-corrected chi connectivity index (χ0v) is 13.4. The molecule has 3 rings (SSSR count). The minimum atomic E-state index is -0.279. The van der Waals surface area contributed by atoms with Gasteiger partial charge in [0.15, 0.2) is 0 Å². The summed E-state index contributed by atoms with van der Waals surface area (Å²) in [6, 6.07) is 5.47. The van der Waals surface area contributed by atoms with Crippen LogP contribution in [0, 0.1) is 5.92 Å². The summed E-state index contributed by atoms with van der Waals surface area (Å²) in [5.41, 5.74) is 4.11. The Morgan fingerprint density at radius 3 is 2.83 bits per heavy atom. The van der Waals surface area contributed by atoms with E-state index in [2.05, 4.69) is 20.8 Å². The molecule has 0 saturated heterocycles. The van der Waals surface area contributed by atoms with Crippen LogP contribution in [-0.2, 0) is 9.59 Å². The maximum absolute atomic E-state index is 12.3. The first-order chi connectivity index (χ1) is 11.6. The zero-order chi connectivity index (χ0) is 16.9. The second kappa shape index (κ2) is 7.53. The van der Waals surface area contributed by atoms with E-state index >= 15 is 0 Å². The van der Waals surface area contributed by atoms with E-state index in [-0.39, 0.29) is 29.9 Å². The van der Waals surface area contributed by atoms with E-state index in [1.165, 1.54) is 0 Å². The summed E-state index contributed by atoms with van der Waals surface area (Å²) in [6.45, 7) is 0. The summed E-state index contributed by atoms with van der Waals surface area (Å²) in [4.78, 5) is 27.7. The van der Waals surface area contributed by atoms with Crippen molar-refractivity contribution in [1.82, 2.24) is 15.7 Å². The molecule has 1 saturated carbocycles. The summed E-state index contributed by atoms with van der Waals surface area (Å²) in [5, 5.41) is 16.6. The first-order valence-electron chi connectivity index (χ1n) is 8.34. The highest BCUT2D eigenvalue weighted by Gasteiger charge is 2.36. The van der Waals surface area contributed by atoms with Crippen molar-refractivity contribution in [2.24, 2.45) is 11.0 Å². The fourth-order valence-corrected chi connectivity index (χ4v) is 3.09. The quantitative estimate of drug-likeness (QED) is 0.725. The molecular formula is C17H22N4O3. The molecule has 1 fully saturated rings. The van der Waals surface area contributed by atoms with Gasteiger partial charge in [-0.15, -0.1) is 0 Å². The van der Waals surface area contributed by atoms with Crippen LogP contribution in [0.4, 0.5) is 0 Å². The number of nitrogens with zero attached hydrogens (tertiary/aromatic N) is 2. The van der Waals surface area contributed by atoms with Gasteiger partial charge >= 0.3 is 0 Å². The number of aliphatic hydroxyl groups excluding tert-OH is 1. The molecule has 0 aromatic carbocycles. The number of rotatable bonds is 6. The van der Waals surface area contributed by atoms with Crippen molar-refractivity contribution in [3.63, 3.8) is 0 Å². The predicted molar refractivity (Wildman–Crippen MR) is 87.9 cm³/mol. The van der Waals surface area contributed by atoms with Crippen LogP contribution in [0.5, 0.6) is 0 Å². The first kappa shape index (κ1) is 16.6. The number of pyridine rings is 1. The third-order valence-corrected chi connectivity index (χ3v) is 4.56. The van der Waals surface area contributed by atoms with Crippen LogP contribution >= 0.6 is 0 Å². The monoisotopic (exact) mass is 330 g/mol. The molecule has 0 radical (unpaired) electrons. The number of carbonyl (C=O) groups is 2. The Bertz CT molecular complexity index is 626. The molecule has 0 spiro atoms. The summed E-state index contributed by atoms with van der Waals surface area (Å²) < 4.78 is 0. The Morgan fingerprint density at radius 2 is 2.21 bits per heavy atom. The minimum Gasteiger partial charge on any atom is -0.393 e. The van der Waals surface area contributed by atoms with Crippen molar-refractivity contribution in [2.75, 3.05) is 0 Å². The minimum absolute atomic E-state index is 0.0633. The first-order valence-corrected chi connectivity index (χ1v) is 8.34. The molecule has 2 heterocycles. The highest BCUT2D eigenvalue weighted by atomic mass is 16.3. The maximum atomic E-state index is 12.3. The van der Waals surface area contributed by atoms with Crippen LogP contribution in [0.15, 0.2) is 29.5 Å². The molecule has 2 aliphatic rings. The number of hydrazone groups is 1. The summed E-state index contributed by atoms with van der Waals surface area (Å²) in [5.74, 6) is 0.0683.